The molecule has 0 atom stereocenters. The minimum absolute atomic E-state index is 0.0644. The van der Waals surface area contributed by atoms with E-state index in [-0.39, 0.29) is 16.7 Å². The van der Waals surface area contributed by atoms with Crippen LogP contribution in [0.1, 0.15) is 37.7 Å². The fourth-order valence-corrected chi connectivity index (χ4v) is 3.16. The molecule has 1 fully saturated rings. The lowest BCUT2D eigenvalue weighted by Crippen LogP contribution is -2.24. The fraction of sp³-hybridized carbons (Fsp3) is 0.600. The van der Waals surface area contributed by atoms with Crippen molar-refractivity contribution in [2.45, 2.75) is 49.1 Å². The van der Waals surface area contributed by atoms with Gasteiger partial charge in [-0.15, -0.1) is 0 Å². The Morgan fingerprint density at radius 1 is 1.05 bits per heavy atom. The fourth-order valence-electron chi connectivity index (χ4n) is 2.62. The highest BCUT2D eigenvalue weighted by molar-refractivity contribution is 8.00. The van der Waals surface area contributed by atoms with Crippen molar-refractivity contribution in [2.75, 3.05) is 6.54 Å². The minimum Gasteiger partial charge on any atom is -0.312 e. The van der Waals surface area contributed by atoms with Crippen molar-refractivity contribution in [2.24, 2.45) is 5.92 Å². The van der Waals surface area contributed by atoms with Gasteiger partial charge in [-0.1, -0.05) is 31.4 Å². The van der Waals surface area contributed by atoms with Crippen molar-refractivity contribution in [3.05, 3.63) is 29.8 Å². The first-order valence-corrected chi connectivity index (χ1v) is 7.90. The zero-order chi connectivity index (χ0) is 14.4. The maximum Gasteiger partial charge on any atom is 0.446 e. The van der Waals surface area contributed by atoms with Gasteiger partial charge in [0.1, 0.15) is 0 Å². The molecule has 0 amide bonds. The van der Waals surface area contributed by atoms with Gasteiger partial charge >= 0.3 is 5.51 Å². The zero-order valence-electron chi connectivity index (χ0n) is 11.4. The van der Waals surface area contributed by atoms with Crippen molar-refractivity contribution >= 4 is 11.8 Å². The smallest absolute Gasteiger partial charge is 0.312 e. The van der Waals surface area contributed by atoms with Crippen LogP contribution in [0.3, 0.4) is 0 Å². The topological polar surface area (TPSA) is 12.0 Å². The van der Waals surface area contributed by atoms with Crippen molar-refractivity contribution in [3.8, 4) is 0 Å². The highest BCUT2D eigenvalue weighted by Crippen LogP contribution is 2.36. The summed E-state index contributed by atoms with van der Waals surface area (Å²) in [4.78, 5) is 0.244. The van der Waals surface area contributed by atoms with Gasteiger partial charge in [-0.2, -0.15) is 13.2 Å². The molecule has 1 aromatic carbocycles. The molecule has 0 aromatic heterocycles. The first-order valence-electron chi connectivity index (χ1n) is 7.08. The standard InChI is InChI=1S/C15H20F3NS/c16-15(17,18)20-14-8-6-13(7-9-14)11-19-10-12-4-2-1-3-5-12/h6-9,12,19H,1-5,10-11H2. The van der Waals surface area contributed by atoms with Crippen molar-refractivity contribution in [1.82, 2.24) is 5.32 Å². The lowest BCUT2D eigenvalue weighted by Gasteiger charge is -2.21. The van der Waals surface area contributed by atoms with Gasteiger partial charge in [0.25, 0.3) is 0 Å². The van der Waals surface area contributed by atoms with Crippen LogP contribution in [0.25, 0.3) is 0 Å². The summed E-state index contributed by atoms with van der Waals surface area (Å²) in [6.07, 6.45) is 6.61. The maximum absolute atomic E-state index is 12.2. The van der Waals surface area contributed by atoms with Gasteiger partial charge in [0.2, 0.25) is 0 Å². The number of nitrogens with one attached hydrogen (secondary N) is 1. The van der Waals surface area contributed by atoms with Crippen LogP contribution in [0, 0.1) is 5.92 Å². The van der Waals surface area contributed by atoms with Gasteiger partial charge in [-0.25, -0.2) is 0 Å². The molecule has 0 heterocycles. The van der Waals surface area contributed by atoms with E-state index in [1.165, 1.54) is 44.2 Å². The molecule has 0 saturated heterocycles. The van der Waals surface area contributed by atoms with Crippen LogP contribution in [0.5, 0.6) is 0 Å². The van der Waals surface area contributed by atoms with Crippen LogP contribution in [-0.2, 0) is 6.54 Å². The average Bonchev–Trinajstić information content (AvgIpc) is 2.40. The molecule has 1 aliphatic rings. The van der Waals surface area contributed by atoms with E-state index in [0.29, 0.717) is 0 Å². The number of benzene rings is 1. The third kappa shape index (κ3) is 5.75. The van der Waals surface area contributed by atoms with E-state index >= 15 is 0 Å². The molecule has 0 radical (unpaired) electrons. The van der Waals surface area contributed by atoms with E-state index in [0.717, 1.165) is 24.6 Å². The molecule has 1 aliphatic carbocycles. The molecule has 20 heavy (non-hydrogen) atoms. The van der Waals surface area contributed by atoms with E-state index in [2.05, 4.69) is 5.32 Å². The summed E-state index contributed by atoms with van der Waals surface area (Å²) in [5.41, 5.74) is -3.17. The number of thioether (sulfide) groups is 1. The Labute approximate surface area is 122 Å². The van der Waals surface area contributed by atoms with E-state index in [4.69, 9.17) is 0 Å². The molecule has 1 nitrogen and oxygen atoms in total. The summed E-state index contributed by atoms with van der Waals surface area (Å²) in [5.74, 6) is 0.767. The zero-order valence-corrected chi connectivity index (χ0v) is 12.2. The Hall–Kier alpha value is -0.680. The molecule has 5 heteroatoms. The van der Waals surface area contributed by atoms with Gasteiger partial charge in [0.05, 0.1) is 0 Å². The highest BCUT2D eigenvalue weighted by atomic mass is 32.2. The molecular formula is C15H20F3NS. The first-order chi connectivity index (χ1) is 9.53. The van der Waals surface area contributed by atoms with Crippen molar-refractivity contribution < 1.29 is 13.2 Å². The lowest BCUT2D eigenvalue weighted by atomic mass is 9.89. The molecule has 2 rings (SSSR count). The van der Waals surface area contributed by atoms with Crippen LogP contribution < -0.4 is 5.32 Å². The quantitative estimate of drug-likeness (QED) is 0.771. The van der Waals surface area contributed by atoms with Crippen LogP contribution in [0.15, 0.2) is 29.2 Å². The molecular weight excluding hydrogens is 283 g/mol. The van der Waals surface area contributed by atoms with Crippen LogP contribution in [0.4, 0.5) is 13.2 Å². The maximum atomic E-state index is 12.2. The first kappa shape index (κ1) is 15.7. The van der Waals surface area contributed by atoms with Gasteiger partial charge in [-0.3, -0.25) is 0 Å². The summed E-state index contributed by atoms with van der Waals surface area (Å²) in [5, 5.41) is 3.41. The van der Waals surface area contributed by atoms with E-state index in [9.17, 15) is 13.2 Å². The SMILES string of the molecule is FC(F)(F)Sc1ccc(CNCC2CCCCC2)cc1. The number of hydrogen-bond donors (Lipinski definition) is 1. The van der Waals surface area contributed by atoms with Crippen LogP contribution in [0.2, 0.25) is 0 Å². The monoisotopic (exact) mass is 303 g/mol. The van der Waals surface area contributed by atoms with E-state index in [1.807, 2.05) is 0 Å². The lowest BCUT2D eigenvalue weighted by molar-refractivity contribution is -0.0328. The predicted octanol–water partition coefficient (Wildman–Crippen LogP) is 4.97. The summed E-state index contributed by atoms with van der Waals surface area (Å²) in [6.45, 7) is 1.74. The molecule has 0 unspecified atom stereocenters. The van der Waals surface area contributed by atoms with E-state index in [1.54, 1.807) is 12.1 Å². The van der Waals surface area contributed by atoms with Crippen molar-refractivity contribution in [1.29, 1.82) is 0 Å². The van der Waals surface area contributed by atoms with Gasteiger partial charge < -0.3 is 5.32 Å². The predicted molar refractivity (Wildman–Crippen MR) is 76.6 cm³/mol. The van der Waals surface area contributed by atoms with Gasteiger partial charge in [0, 0.05) is 11.4 Å². The Morgan fingerprint density at radius 3 is 2.30 bits per heavy atom. The molecule has 0 spiro atoms. The Bertz CT molecular complexity index is 397. The number of rotatable bonds is 5. The second-order valence-electron chi connectivity index (χ2n) is 5.33. The summed E-state index contributed by atoms with van der Waals surface area (Å²) in [6, 6.07) is 6.61. The second kappa shape index (κ2) is 7.36. The van der Waals surface area contributed by atoms with Crippen LogP contribution in [-0.4, -0.2) is 12.1 Å². The number of hydrogen-bond acceptors (Lipinski definition) is 2. The normalized spacial score (nSPS) is 17.4. The molecule has 1 aromatic rings. The van der Waals surface area contributed by atoms with E-state index < -0.39 is 5.51 Å². The largest absolute Gasteiger partial charge is 0.446 e. The highest BCUT2D eigenvalue weighted by Gasteiger charge is 2.28. The molecule has 112 valence electrons. The van der Waals surface area contributed by atoms with Crippen molar-refractivity contribution in [3.63, 3.8) is 0 Å². The Morgan fingerprint density at radius 2 is 1.70 bits per heavy atom. The van der Waals surface area contributed by atoms with Gasteiger partial charge in [-0.05, 0) is 54.8 Å². The molecule has 0 aliphatic heterocycles. The minimum atomic E-state index is -4.21. The molecule has 1 N–H and O–H groups in total. The Balaban J connectivity index is 1.73. The summed E-state index contributed by atoms with van der Waals surface area (Å²) >= 11 is -0.0644. The number of halogens is 3. The van der Waals surface area contributed by atoms with Crippen LogP contribution >= 0.6 is 11.8 Å². The third-order valence-corrected chi connectivity index (χ3v) is 4.38. The summed E-state index contributed by atoms with van der Waals surface area (Å²) < 4.78 is 36.6. The van der Waals surface area contributed by atoms with Gasteiger partial charge in [0.15, 0.2) is 0 Å². The number of alkyl halides is 3. The average molecular weight is 303 g/mol. The molecule has 1 saturated carbocycles. The second-order valence-corrected chi connectivity index (χ2v) is 6.47. The third-order valence-electron chi connectivity index (χ3n) is 3.64. The Kier molecular flexibility index (Phi) is 5.78. The molecule has 0 bridgehead atoms. The summed E-state index contributed by atoms with van der Waals surface area (Å²) in [7, 11) is 0.